The zero-order valence-corrected chi connectivity index (χ0v) is 14.0. The molecule has 0 saturated carbocycles. The van der Waals surface area contributed by atoms with Gasteiger partial charge in [0.1, 0.15) is 5.82 Å². The van der Waals surface area contributed by atoms with E-state index in [0.29, 0.717) is 11.3 Å². The van der Waals surface area contributed by atoms with Crippen molar-refractivity contribution in [3.05, 3.63) is 64.5 Å². The molecule has 6 heteroatoms. The summed E-state index contributed by atoms with van der Waals surface area (Å²) in [6.07, 6.45) is 1.06. The number of benzene rings is 2. The van der Waals surface area contributed by atoms with E-state index in [0.717, 1.165) is 23.4 Å². The molecular weight excluding hydrogens is 317 g/mol. The standard InChI is InChI=1S/C17H18FNO3S/c1-11-4-5-12(2)15(8-11)17(20)19-16-7-6-14(18)9-13(16)10-23(3,21)22/h4-9H,10H2,1-3H3,(H,19,20). The molecule has 0 unspecified atom stereocenters. The predicted molar refractivity (Wildman–Crippen MR) is 88.8 cm³/mol. The number of aryl methyl sites for hydroxylation is 2. The maximum absolute atomic E-state index is 13.4. The molecule has 0 atom stereocenters. The molecule has 4 nitrogen and oxygen atoms in total. The Bertz CT molecular complexity index is 860. The summed E-state index contributed by atoms with van der Waals surface area (Å²) in [5.74, 6) is -1.24. The van der Waals surface area contributed by atoms with Crippen molar-refractivity contribution in [1.82, 2.24) is 0 Å². The lowest BCUT2D eigenvalue weighted by Gasteiger charge is -2.12. The number of carbonyl (C=O) groups is 1. The van der Waals surface area contributed by atoms with E-state index in [9.17, 15) is 17.6 Å². The van der Waals surface area contributed by atoms with Gasteiger partial charge in [-0.15, -0.1) is 0 Å². The Labute approximate surface area is 135 Å². The fourth-order valence-corrected chi connectivity index (χ4v) is 3.06. The summed E-state index contributed by atoms with van der Waals surface area (Å²) in [4.78, 5) is 12.4. The van der Waals surface area contributed by atoms with Crippen molar-refractivity contribution in [2.24, 2.45) is 0 Å². The highest BCUT2D eigenvalue weighted by atomic mass is 32.2. The molecule has 0 aliphatic rings. The van der Waals surface area contributed by atoms with E-state index in [1.54, 1.807) is 6.07 Å². The Kier molecular flexibility index (Phi) is 4.85. The molecule has 0 saturated heterocycles. The van der Waals surface area contributed by atoms with Gasteiger partial charge in [-0.3, -0.25) is 4.79 Å². The van der Waals surface area contributed by atoms with E-state index < -0.39 is 15.7 Å². The summed E-state index contributed by atoms with van der Waals surface area (Å²) < 4.78 is 36.4. The number of nitrogens with one attached hydrogen (secondary N) is 1. The van der Waals surface area contributed by atoms with E-state index in [4.69, 9.17) is 0 Å². The number of sulfone groups is 1. The van der Waals surface area contributed by atoms with Gasteiger partial charge in [-0.1, -0.05) is 17.7 Å². The van der Waals surface area contributed by atoms with Gasteiger partial charge in [0.05, 0.1) is 5.75 Å². The number of rotatable bonds is 4. The first kappa shape index (κ1) is 17.1. The zero-order chi connectivity index (χ0) is 17.2. The molecule has 0 radical (unpaired) electrons. The zero-order valence-electron chi connectivity index (χ0n) is 13.2. The Morgan fingerprint density at radius 3 is 2.48 bits per heavy atom. The van der Waals surface area contributed by atoms with Crippen molar-refractivity contribution >= 4 is 21.4 Å². The van der Waals surface area contributed by atoms with Crippen LogP contribution in [0.2, 0.25) is 0 Å². The lowest BCUT2D eigenvalue weighted by Crippen LogP contribution is -2.16. The first-order valence-electron chi connectivity index (χ1n) is 7.00. The molecule has 1 N–H and O–H groups in total. The molecule has 0 bridgehead atoms. The number of carbonyl (C=O) groups excluding carboxylic acids is 1. The van der Waals surface area contributed by atoms with Gasteiger partial charge in [0.15, 0.2) is 9.84 Å². The van der Waals surface area contributed by atoms with Gasteiger partial charge in [-0.05, 0) is 49.2 Å². The molecular formula is C17H18FNO3S. The average molecular weight is 335 g/mol. The van der Waals surface area contributed by atoms with Crippen LogP contribution in [-0.2, 0) is 15.6 Å². The summed E-state index contributed by atoms with van der Waals surface area (Å²) in [7, 11) is -3.35. The third kappa shape index (κ3) is 4.63. The molecule has 0 heterocycles. The van der Waals surface area contributed by atoms with Crippen LogP contribution >= 0.6 is 0 Å². The average Bonchev–Trinajstić information content (AvgIpc) is 2.42. The fourth-order valence-electron chi connectivity index (χ4n) is 2.26. The topological polar surface area (TPSA) is 63.2 Å². The number of hydrogen-bond acceptors (Lipinski definition) is 3. The Morgan fingerprint density at radius 1 is 1.13 bits per heavy atom. The highest BCUT2D eigenvalue weighted by molar-refractivity contribution is 7.89. The van der Waals surface area contributed by atoms with Gasteiger partial charge in [-0.25, -0.2) is 12.8 Å². The van der Waals surface area contributed by atoms with Crippen molar-refractivity contribution in [3.8, 4) is 0 Å². The molecule has 2 rings (SSSR count). The molecule has 2 aromatic carbocycles. The largest absolute Gasteiger partial charge is 0.322 e. The maximum atomic E-state index is 13.4. The van der Waals surface area contributed by atoms with Crippen LogP contribution in [0.15, 0.2) is 36.4 Å². The molecule has 23 heavy (non-hydrogen) atoms. The van der Waals surface area contributed by atoms with Gasteiger partial charge < -0.3 is 5.32 Å². The van der Waals surface area contributed by atoms with Gasteiger partial charge in [-0.2, -0.15) is 0 Å². The van der Waals surface area contributed by atoms with Crippen LogP contribution in [0.1, 0.15) is 27.0 Å². The lowest BCUT2D eigenvalue weighted by molar-refractivity contribution is 0.102. The quantitative estimate of drug-likeness (QED) is 0.933. The SMILES string of the molecule is Cc1ccc(C)c(C(=O)Nc2ccc(F)cc2CS(C)(=O)=O)c1. The minimum atomic E-state index is -3.35. The normalized spacial score (nSPS) is 11.3. The molecule has 0 aliphatic heterocycles. The van der Waals surface area contributed by atoms with Crippen molar-refractivity contribution < 1.29 is 17.6 Å². The van der Waals surface area contributed by atoms with Crippen LogP contribution in [0.5, 0.6) is 0 Å². The smallest absolute Gasteiger partial charge is 0.255 e. The fraction of sp³-hybridized carbons (Fsp3) is 0.235. The van der Waals surface area contributed by atoms with Gasteiger partial charge >= 0.3 is 0 Å². The van der Waals surface area contributed by atoms with E-state index >= 15 is 0 Å². The Hall–Kier alpha value is -2.21. The Balaban J connectivity index is 2.36. The van der Waals surface area contributed by atoms with E-state index in [2.05, 4.69) is 5.32 Å². The summed E-state index contributed by atoms with van der Waals surface area (Å²) in [6, 6.07) is 9.18. The second kappa shape index (κ2) is 6.50. The van der Waals surface area contributed by atoms with E-state index in [1.807, 2.05) is 26.0 Å². The molecule has 122 valence electrons. The number of anilines is 1. The molecule has 0 fully saturated rings. The number of hydrogen-bond donors (Lipinski definition) is 1. The van der Waals surface area contributed by atoms with Gasteiger partial charge in [0, 0.05) is 17.5 Å². The third-order valence-corrected chi connectivity index (χ3v) is 4.21. The lowest BCUT2D eigenvalue weighted by atomic mass is 10.0. The number of amides is 1. The minimum absolute atomic E-state index is 0.228. The van der Waals surface area contributed by atoms with Gasteiger partial charge in [0.2, 0.25) is 0 Å². The van der Waals surface area contributed by atoms with Crippen LogP contribution in [-0.4, -0.2) is 20.6 Å². The first-order chi connectivity index (χ1) is 10.7. The van der Waals surface area contributed by atoms with Crippen molar-refractivity contribution in [1.29, 1.82) is 0 Å². The number of halogens is 1. The molecule has 2 aromatic rings. The van der Waals surface area contributed by atoms with Crippen molar-refractivity contribution in [2.45, 2.75) is 19.6 Å². The highest BCUT2D eigenvalue weighted by Gasteiger charge is 2.15. The van der Waals surface area contributed by atoms with Crippen molar-refractivity contribution in [2.75, 3.05) is 11.6 Å². The van der Waals surface area contributed by atoms with Crippen LogP contribution in [0.25, 0.3) is 0 Å². The van der Waals surface area contributed by atoms with Crippen LogP contribution in [0, 0.1) is 19.7 Å². The third-order valence-electron chi connectivity index (χ3n) is 3.37. The summed E-state index contributed by atoms with van der Waals surface area (Å²) in [5.41, 5.74) is 2.77. The van der Waals surface area contributed by atoms with Crippen LogP contribution in [0.3, 0.4) is 0 Å². The van der Waals surface area contributed by atoms with E-state index in [1.165, 1.54) is 12.1 Å². The predicted octanol–water partition coefficient (Wildman–Crippen LogP) is 3.24. The second-order valence-electron chi connectivity index (χ2n) is 5.64. The summed E-state index contributed by atoms with van der Waals surface area (Å²) in [5, 5.41) is 2.67. The molecule has 0 aromatic heterocycles. The van der Waals surface area contributed by atoms with Crippen molar-refractivity contribution in [3.63, 3.8) is 0 Å². The second-order valence-corrected chi connectivity index (χ2v) is 7.78. The van der Waals surface area contributed by atoms with Crippen LogP contribution in [0.4, 0.5) is 10.1 Å². The van der Waals surface area contributed by atoms with E-state index in [-0.39, 0.29) is 17.2 Å². The molecule has 0 aliphatic carbocycles. The first-order valence-corrected chi connectivity index (χ1v) is 9.06. The van der Waals surface area contributed by atoms with Crippen LogP contribution < -0.4 is 5.32 Å². The highest BCUT2D eigenvalue weighted by Crippen LogP contribution is 2.21. The van der Waals surface area contributed by atoms with Gasteiger partial charge in [0.25, 0.3) is 5.91 Å². The maximum Gasteiger partial charge on any atom is 0.255 e. The Morgan fingerprint density at radius 2 is 1.83 bits per heavy atom. The summed E-state index contributed by atoms with van der Waals surface area (Å²) in [6.45, 7) is 3.69. The molecule has 0 spiro atoms. The summed E-state index contributed by atoms with van der Waals surface area (Å²) >= 11 is 0. The monoisotopic (exact) mass is 335 g/mol. The minimum Gasteiger partial charge on any atom is -0.322 e. The molecule has 1 amide bonds.